The molecule has 1 saturated heterocycles. The number of amides is 1. The van der Waals surface area contributed by atoms with E-state index in [1.165, 1.54) is 12.1 Å². The van der Waals surface area contributed by atoms with Crippen molar-refractivity contribution in [3.8, 4) is 0 Å². The van der Waals surface area contributed by atoms with Crippen LogP contribution in [0.1, 0.15) is 11.1 Å². The van der Waals surface area contributed by atoms with Gasteiger partial charge in [0.15, 0.2) is 0 Å². The first-order valence-electron chi connectivity index (χ1n) is 5.61. The Morgan fingerprint density at radius 1 is 1.28 bits per heavy atom. The molecule has 2 rings (SSSR count). The van der Waals surface area contributed by atoms with Crippen molar-refractivity contribution in [3.63, 3.8) is 0 Å². The molecule has 3 nitrogen and oxygen atoms in total. The molecule has 0 unspecified atom stereocenters. The lowest BCUT2D eigenvalue weighted by atomic mass is 10.1. The standard InChI is InChI=1S/C12H13F3N2O/c13-12(14,15)9-3-1-8(2-4-9)5-11(18)17-10-6-16-7-10/h1-4,10,16H,5-7H2,(H,17,18). The highest BCUT2D eigenvalue weighted by molar-refractivity contribution is 5.79. The molecule has 0 aliphatic carbocycles. The summed E-state index contributed by atoms with van der Waals surface area (Å²) in [6.07, 6.45) is -4.23. The first-order chi connectivity index (χ1) is 8.45. The lowest BCUT2D eigenvalue weighted by Gasteiger charge is -2.27. The maximum atomic E-state index is 12.3. The van der Waals surface area contributed by atoms with Crippen LogP contribution in [-0.2, 0) is 17.4 Å². The number of carbonyl (C=O) groups is 1. The van der Waals surface area contributed by atoms with E-state index in [-0.39, 0.29) is 18.4 Å². The van der Waals surface area contributed by atoms with Crippen molar-refractivity contribution in [3.05, 3.63) is 35.4 Å². The Kier molecular flexibility index (Phi) is 3.56. The number of halogens is 3. The molecule has 6 heteroatoms. The van der Waals surface area contributed by atoms with Gasteiger partial charge < -0.3 is 10.6 Å². The van der Waals surface area contributed by atoms with Crippen LogP contribution in [0.25, 0.3) is 0 Å². The minimum atomic E-state index is -4.33. The third-order valence-corrected chi connectivity index (χ3v) is 2.79. The fourth-order valence-electron chi connectivity index (χ4n) is 1.67. The van der Waals surface area contributed by atoms with E-state index in [4.69, 9.17) is 0 Å². The molecule has 0 saturated carbocycles. The molecular weight excluding hydrogens is 245 g/mol. The highest BCUT2D eigenvalue weighted by atomic mass is 19.4. The van der Waals surface area contributed by atoms with Crippen molar-refractivity contribution >= 4 is 5.91 Å². The number of rotatable bonds is 3. The number of carbonyl (C=O) groups excluding carboxylic acids is 1. The summed E-state index contributed by atoms with van der Waals surface area (Å²) in [7, 11) is 0. The second-order valence-corrected chi connectivity index (χ2v) is 4.29. The van der Waals surface area contributed by atoms with Crippen LogP contribution >= 0.6 is 0 Å². The van der Waals surface area contributed by atoms with E-state index >= 15 is 0 Å². The Morgan fingerprint density at radius 2 is 1.89 bits per heavy atom. The number of nitrogens with one attached hydrogen (secondary N) is 2. The van der Waals surface area contributed by atoms with E-state index in [9.17, 15) is 18.0 Å². The van der Waals surface area contributed by atoms with E-state index in [1.54, 1.807) is 0 Å². The molecular formula is C12H13F3N2O. The van der Waals surface area contributed by atoms with Gasteiger partial charge in [-0.05, 0) is 17.7 Å². The van der Waals surface area contributed by atoms with Crippen LogP contribution in [-0.4, -0.2) is 25.0 Å². The van der Waals surface area contributed by atoms with Crippen LogP contribution in [0.3, 0.4) is 0 Å². The summed E-state index contributed by atoms with van der Waals surface area (Å²) >= 11 is 0. The molecule has 18 heavy (non-hydrogen) atoms. The highest BCUT2D eigenvalue weighted by Crippen LogP contribution is 2.29. The summed E-state index contributed by atoms with van der Waals surface area (Å²) < 4.78 is 37.0. The van der Waals surface area contributed by atoms with Crippen molar-refractivity contribution < 1.29 is 18.0 Å². The zero-order valence-electron chi connectivity index (χ0n) is 9.55. The average molecular weight is 258 g/mol. The van der Waals surface area contributed by atoms with Gasteiger partial charge in [0, 0.05) is 13.1 Å². The lowest BCUT2D eigenvalue weighted by molar-refractivity contribution is -0.137. The first kappa shape index (κ1) is 12.9. The molecule has 98 valence electrons. The fourth-order valence-corrected chi connectivity index (χ4v) is 1.67. The van der Waals surface area contributed by atoms with Gasteiger partial charge >= 0.3 is 6.18 Å². The van der Waals surface area contributed by atoms with Crippen LogP contribution in [0, 0.1) is 0 Å². The summed E-state index contributed by atoms with van der Waals surface area (Å²) in [4.78, 5) is 11.5. The van der Waals surface area contributed by atoms with Gasteiger partial charge in [0.25, 0.3) is 0 Å². The summed E-state index contributed by atoms with van der Waals surface area (Å²) in [5.74, 6) is -0.166. The summed E-state index contributed by atoms with van der Waals surface area (Å²) in [5.41, 5.74) is -0.123. The van der Waals surface area contributed by atoms with Crippen LogP contribution in [0.15, 0.2) is 24.3 Å². The minimum Gasteiger partial charge on any atom is -0.351 e. The molecule has 0 radical (unpaired) electrons. The molecule has 1 aromatic carbocycles. The average Bonchev–Trinajstić information content (AvgIpc) is 2.23. The summed E-state index contributed by atoms with van der Waals surface area (Å²) in [6.45, 7) is 1.50. The van der Waals surface area contributed by atoms with Gasteiger partial charge in [0.05, 0.1) is 18.0 Å². The Morgan fingerprint density at radius 3 is 2.33 bits per heavy atom. The summed E-state index contributed by atoms with van der Waals surface area (Å²) in [6, 6.07) is 4.80. The topological polar surface area (TPSA) is 41.1 Å². The molecule has 0 aromatic heterocycles. The first-order valence-corrected chi connectivity index (χ1v) is 5.61. The van der Waals surface area contributed by atoms with Crippen LogP contribution in [0.2, 0.25) is 0 Å². The van der Waals surface area contributed by atoms with Gasteiger partial charge in [0.1, 0.15) is 0 Å². The molecule has 0 bridgehead atoms. The normalized spacial score (nSPS) is 16.2. The maximum absolute atomic E-state index is 12.3. The summed E-state index contributed by atoms with van der Waals surface area (Å²) in [5, 5.41) is 5.80. The zero-order chi connectivity index (χ0) is 13.2. The Labute approximate surface area is 102 Å². The monoisotopic (exact) mass is 258 g/mol. The minimum absolute atomic E-state index is 0.106. The number of hydrogen-bond acceptors (Lipinski definition) is 2. The Bertz CT molecular complexity index is 424. The third-order valence-electron chi connectivity index (χ3n) is 2.79. The molecule has 1 fully saturated rings. The fraction of sp³-hybridized carbons (Fsp3) is 0.417. The van der Waals surface area contributed by atoms with Gasteiger partial charge in [-0.2, -0.15) is 13.2 Å². The zero-order valence-corrected chi connectivity index (χ0v) is 9.55. The highest BCUT2D eigenvalue weighted by Gasteiger charge is 2.30. The van der Waals surface area contributed by atoms with Crippen molar-refractivity contribution in [2.45, 2.75) is 18.6 Å². The number of alkyl halides is 3. The van der Waals surface area contributed by atoms with E-state index in [0.29, 0.717) is 5.56 Å². The predicted octanol–water partition coefficient (Wildman–Crippen LogP) is 1.34. The van der Waals surface area contributed by atoms with E-state index in [0.717, 1.165) is 25.2 Å². The predicted molar refractivity (Wildman–Crippen MR) is 59.9 cm³/mol. The van der Waals surface area contributed by atoms with Crippen molar-refractivity contribution in [1.82, 2.24) is 10.6 Å². The van der Waals surface area contributed by atoms with Gasteiger partial charge in [-0.15, -0.1) is 0 Å². The molecule has 1 aliphatic heterocycles. The van der Waals surface area contributed by atoms with Crippen molar-refractivity contribution in [1.29, 1.82) is 0 Å². The van der Waals surface area contributed by atoms with Crippen molar-refractivity contribution in [2.75, 3.05) is 13.1 Å². The molecule has 1 aromatic rings. The number of benzene rings is 1. The second-order valence-electron chi connectivity index (χ2n) is 4.29. The van der Waals surface area contributed by atoms with Crippen LogP contribution in [0.5, 0.6) is 0 Å². The molecule has 1 aliphatic rings. The molecule has 1 heterocycles. The Hall–Kier alpha value is -1.56. The van der Waals surface area contributed by atoms with Crippen molar-refractivity contribution in [2.24, 2.45) is 0 Å². The second kappa shape index (κ2) is 4.97. The van der Waals surface area contributed by atoms with Gasteiger partial charge in [0.2, 0.25) is 5.91 Å². The van der Waals surface area contributed by atoms with E-state index in [1.807, 2.05) is 0 Å². The van der Waals surface area contributed by atoms with Crippen LogP contribution in [0.4, 0.5) is 13.2 Å². The lowest BCUT2D eigenvalue weighted by Crippen LogP contribution is -2.57. The molecule has 1 amide bonds. The van der Waals surface area contributed by atoms with Gasteiger partial charge in [-0.25, -0.2) is 0 Å². The third kappa shape index (κ3) is 3.22. The van der Waals surface area contributed by atoms with E-state index in [2.05, 4.69) is 10.6 Å². The molecule has 0 spiro atoms. The smallest absolute Gasteiger partial charge is 0.351 e. The van der Waals surface area contributed by atoms with Gasteiger partial charge in [-0.1, -0.05) is 12.1 Å². The Balaban J connectivity index is 1.91. The molecule has 2 N–H and O–H groups in total. The maximum Gasteiger partial charge on any atom is 0.416 e. The van der Waals surface area contributed by atoms with E-state index < -0.39 is 11.7 Å². The number of hydrogen-bond donors (Lipinski definition) is 2. The largest absolute Gasteiger partial charge is 0.416 e. The molecule has 0 atom stereocenters. The SMILES string of the molecule is O=C(Cc1ccc(C(F)(F)F)cc1)NC1CNC1. The quantitative estimate of drug-likeness (QED) is 0.859. The van der Waals surface area contributed by atoms with Gasteiger partial charge in [-0.3, -0.25) is 4.79 Å². The van der Waals surface area contributed by atoms with Crippen LogP contribution < -0.4 is 10.6 Å².